The van der Waals surface area contributed by atoms with Crippen LogP contribution in [0.4, 0.5) is 5.95 Å². The van der Waals surface area contributed by atoms with Gasteiger partial charge in [0.1, 0.15) is 5.75 Å². The number of aromatic amines is 1. The monoisotopic (exact) mass is 496 g/mol. The van der Waals surface area contributed by atoms with Gasteiger partial charge < -0.3 is 9.67 Å². The third-order valence-electron chi connectivity index (χ3n) is 5.05. The Kier molecular flexibility index (Phi) is 6.22. The number of nitrogens with zero attached hydrogens (tertiary/aromatic N) is 4. The molecule has 4 aromatic rings. The van der Waals surface area contributed by atoms with Crippen molar-refractivity contribution in [1.82, 2.24) is 19.1 Å². The van der Waals surface area contributed by atoms with Crippen LogP contribution >= 0.6 is 15.9 Å². The molecular formula is C22H21BrN6O3. The largest absolute Gasteiger partial charge is 0.507 e. The Morgan fingerprint density at radius 2 is 2.00 bits per heavy atom. The molecule has 0 radical (unpaired) electrons. The number of anilines is 1. The molecule has 9 nitrogen and oxygen atoms in total. The number of H-pyrrole nitrogens is 1. The first-order chi connectivity index (χ1) is 15.4. The molecule has 0 saturated carbocycles. The zero-order valence-corrected chi connectivity index (χ0v) is 18.8. The zero-order valence-electron chi connectivity index (χ0n) is 17.2. The molecule has 164 valence electrons. The van der Waals surface area contributed by atoms with Gasteiger partial charge in [-0.2, -0.15) is 10.1 Å². The van der Waals surface area contributed by atoms with Gasteiger partial charge in [0, 0.05) is 23.6 Å². The van der Waals surface area contributed by atoms with Crippen molar-refractivity contribution < 1.29 is 5.11 Å². The Morgan fingerprint density at radius 1 is 1.22 bits per heavy atom. The molecule has 0 saturated heterocycles. The van der Waals surface area contributed by atoms with Crippen LogP contribution in [0.1, 0.15) is 17.5 Å². The summed E-state index contributed by atoms with van der Waals surface area (Å²) in [7, 11) is 1.55. The second-order valence-corrected chi connectivity index (χ2v) is 8.16. The number of hydrogen-bond acceptors (Lipinski definition) is 6. The predicted molar refractivity (Wildman–Crippen MR) is 127 cm³/mol. The molecule has 32 heavy (non-hydrogen) atoms. The molecule has 3 N–H and O–H groups in total. The molecule has 0 aliphatic heterocycles. The molecule has 0 atom stereocenters. The Morgan fingerprint density at radius 3 is 2.78 bits per heavy atom. The average Bonchev–Trinajstić information content (AvgIpc) is 3.14. The minimum absolute atomic E-state index is 0.0777. The molecule has 0 amide bonds. The minimum Gasteiger partial charge on any atom is -0.507 e. The maximum absolute atomic E-state index is 12.6. The van der Waals surface area contributed by atoms with Crippen LogP contribution in [0.5, 0.6) is 5.75 Å². The number of hydrogen-bond donors (Lipinski definition) is 3. The van der Waals surface area contributed by atoms with Crippen LogP contribution in [0.3, 0.4) is 0 Å². The Balaban J connectivity index is 1.66. The zero-order chi connectivity index (χ0) is 22.7. The van der Waals surface area contributed by atoms with E-state index in [1.165, 1.54) is 16.3 Å². The summed E-state index contributed by atoms with van der Waals surface area (Å²) in [6.07, 6.45) is 3.03. The summed E-state index contributed by atoms with van der Waals surface area (Å²) in [5.41, 5.74) is 4.06. The van der Waals surface area contributed by atoms with E-state index in [1.807, 2.05) is 18.2 Å². The SMILES string of the molecule is Cn1c(=O)[nH]c(=O)c2c1nc(NN=Cc1cc(Br)ccc1O)n2CCCc1ccccc1. The van der Waals surface area contributed by atoms with E-state index in [2.05, 4.69) is 48.6 Å². The van der Waals surface area contributed by atoms with Gasteiger partial charge in [-0.3, -0.25) is 14.3 Å². The quantitative estimate of drug-likeness (QED) is 0.268. The number of hydrazone groups is 1. The number of aromatic hydroxyl groups is 1. The number of rotatable bonds is 7. The molecule has 0 aliphatic rings. The van der Waals surface area contributed by atoms with Crippen LogP contribution in [0.15, 0.2) is 67.7 Å². The maximum atomic E-state index is 12.6. The fourth-order valence-electron chi connectivity index (χ4n) is 3.41. The van der Waals surface area contributed by atoms with Crippen molar-refractivity contribution in [2.45, 2.75) is 19.4 Å². The van der Waals surface area contributed by atoms with Gasteiger partial charge in [0.25, 0.3) is 5.56 Å². The van der Waals surface area contributed by atoms with Crippen LogP contribution in [-0.4, -0.2) is 30.4 Å². The molecule has 2 heterocycles. The number of aryl methyl sites for hydroxylation is 3. The normalized spacial score (nSPS) is 11.4. The topological polar surface area (TPSA) is 117 Å². The van der Waals surface area contributed by atoms with Crippen molar-refractivity contribution in [1.29, 1.82) is 0 Å². The van der Waals surface area contributed by atoms with Gasteiger partial charge in [0.2, 0.25) is 5.95 Å². The van der Waals surface area contributed by atoms with Crippen molar-refractivity contribution in [3.63, 3.8) is 0 Å². The third-order valence-corrected chi connectivity index (χ3v) is 5.55. The minimum atomic E-state index is -0.537. The van der Waals surface area contributed by atoms with E-state index in [1.54, 1.807) is 29.8 Å². The molecule has 4 rings (SSSR count). The smallest absolute Gasteiger partial charge is 0.329 e. The van der Waals surface area contributed by atoms with E-state index < -0.39 is 11.2 Å². The third kappa shape index (κ3) is 4.50. The Labute approximate surface area is 191 Å². The molecule has 0 bridgehead atoms. The van der Waals surface area contributed by atoms with Crippen LogP contribution in [0.2, 0.25) is 0 Å². The molecule has 0 aliphatic carbocycles. The van der Waals surface area contributed by atoms with Gasteiger partial charge >= 0.3 is 5.69 Å². The van der Waals surface area contributed by atoms with Gasteiger partial charge in [-0.1, -0.05) is 46.3 Å². The molecule has 2 aromatic heterocycles. The first-order valence-corrected chi connectivity index (χ1v) is 10.7. The van der Waals surface area contributed by atoms with E-state index in [0.717, 1.165) is 17.3 Å². The van der Waals surface area contributed by atoms with Gasteiger partial charge in [-0.15, -0.1) is 0 Å². The highest BCUT2D eigenvalue weighted by atomic mass is 79.9. The molecule has 0 spiro atoms. The first kappa shape index (κ1) is 21.6. The number of halogens is 1. The number of phenols is 1. The fraction of sp³-hybridized carbons (Fsp3) is 0.182. The van der Waals surface area contributed by atoms with Crippen molar-refractivity contribution in [3.05, 3.63) is 85.0 Å². The summed E-state index contributed by atoms with van der Waals surface area (Å²) in [6, 6.07) is 15.0. The Hall–Kier alpha value is -3.66. The van der Waals surface area contributed by atoms with Crippen molar-refractivity contribution in [2.24, 2.45) is 12.1 Å². The van der Waals surface area contributed by atoms with E-state index in [9.17, 15) is 14.7 Å². The molecule has 10 heteroatoms. The van der Waals surface area contributed by atoms with Crippen LogP contribution in [-0.2, 0) is 20.0 Å². The summed E-state index contributed by atoms with van der Waals surface area (Å²) < 4.78 is 3.81. The number of phenolic OH excluding ortho intramolecular Hbond substituents is 1. The Bertz CT molecular complexity index is 1410. The number of nitrogens with one attached hydrogen (secondary N) is 2. The van der Waals surface area contributed by atoms with E-state index in [4.69, 9.17) is 0 Å². The lowest BCUT2D eigenvalue weighted by Crippen LogP contribution is -2.29. The summed E-state index contributed by atoms with van der Waals surface area (Å²) in [5.74, 6) is 0.402. The summed E-state index contributed by atoms with van der Waals surface area (Å²) in [6.45, 7) is 0.493. The molecule has 0 fully saturated rings. The lowest BCUT2D eigenvalue weighted by Gasteiger charge is -2.08. The average molecular weight is 497 g/mol. The summed E-state index contributed by atoms with van der Waals surface area (Å²) in [5, 5.41) is 14.2. The maximum Gasteiger partial charge on any atom is 0.329 e. The van der Waals surface area contributed by atoms with Gasteiger partial charge in [0.05, 0.1) is 6.21 Å². The highest BCUT2D eigenvalue weighted by molar-refractivity contribution is 9.10. The summed E-state index contributed by atoms with van der Waals surface area (Å²) >= 11 is 3.36. The lowest BCUT2D eigenvalue weighted by molar-refractivity contribution is 0.474. The van der Waals surface area contributed by atoms with Crippen LogP contribution < -0.4 is 16.7 Å². The highest BCUT2D eigenvalue weighted by Gasteiger charge is 2.17. The van der Waals surface area contributed by atoms with Gasteiger partial charge in [0.15, 0.2) is 11.2 Å². The van der Waals surface area contributed by atoms with E-state index in [0.29, 0.717) is 23.6 Å². The van der Waals surface area contributed by atoms with Crippen molar-refractivity contribution >= 4 is 39.3 Å². The van der Waals surface area contributed by atoms with Crippen molar-refractivity contribution in [3.8, 4) is 5.75 Å². The predicted octanol–water partition coefficient (Wildman–Crippen LogP) is 2.97. The lowest BCUT2D eigenvalue weighted by atomic mass is 10.1. The standard InChI is InChI=1S/C22H21BrN6O3/c1-28-19-18(20(31)26-22(28)32)29(11-5-8-14-6-3-2-4-7-14)21(25-19)27-24-13-15-12-16(23)9-10-17(15)30/h2-4,6-7,9-10,12-13,30H,5,8,11H2,1H3,(H,25,27)(H,26,31,32). The molecular weight excluding hydrogens is 476 g/mol. The number of benzene rings is 2. The number of aromatic nitrogens is 4. The highest BCUT2D eigenvalue weighted by Crippen LogP contribution is 2.21. The van der Waals surface area contributed by atoms with E-state index >= 15 is 0 Å². The fourth-order valence-corrected chi connectivity index (χ4v) is 3.79. The van der Waals surface area contributed by atoms with Crippen molar-refractivity contribution in [2.75, 3.05) is 5.43 Å². The summed E-state index contributed by atoms with van der Waals surface area (Å²) in [4.78, 5) is 31.3. The molecule has 0 unspecified atom stereocenters. The number of fused-ring (bicyclic) bond motifs is 1. The molecule has 2 aromatic carbocycles. The van der Waals surface area contributed by atoms with Gasteiger partial charge in [-0.05, 0) is 36.6 Å². The van der Waals surface area contributed by atoms with Gasteiger partial charge in [-0.25, -0.2) is 10.2 Å². The second-order valence-electron chi connectivity index (χ2n) is 7.24. The van der Waals surface area contributed by atoms with E-state index in [-0.39, 0.29) is 11.4 Å². The first-order valence-electron chi connectivity index (χ1n) is 9.95. The number of imidazole rings is 1. The van der Waals surface area contributed by atoms with Crippen LogP contribution in [0.25, 0.3) is 11.2 Å². The second kappa shape index (κ2) is 9.23. The van der Waals surface area contributed by atoms with Crippen LogP contribution in [0, 0.1) is 0 Å².